The van der Waals surface area contributed by atoms with E-state index in [9.17, 15) is 48.3 Å². The molecule has 0 spiro atoms. The number of hydrogen-bond donors (Lipinski definition) is 1. The van der Waals surface area contributed by atoms with Gasteiger partial charge in [-0.1, -0.05) is 0 Å². The van der Waals surface area contributed by atoms with Crippen molar-refractivity contribution in [3.63, 3.8) is 0 Å². The fourth-order valence-electron chi connectivity index (χ4n) is 1.41. The van der Waals surface area contributed by atoms with Crippen molar-refractivity contribution in [2.75, 3.05) is 6.61 Å². The summed E-state index contributed by atoms with van der Waals surface area (Å²) in [5.74, 6) is -9.74. The number of alkyl halides is 11. The molecule has 0 aromatic rings. The quantitative estimate of drug-likeness (QED) is 0.716. The van der Waals surface area contributed by atoms with Crippen LogP contribution in [0.2, 0.25) is 0 Å². The van der Waals surface area contributed by atoms with Gasteiger partial charge in [-0.25, -0.2) is 22.0 Å². The smallest absolute Gasteiger partial charge is 0.396 e. The van der Waals surface area contributed by atoms with Crippen LogP contribution in [0.4, 0.5) is 48.3 Å². The number of rotatable bonds is 6. The Bertz CT molecular complexity index is 329. The van der Waals surface area contributed by atoms with Crippen molar-refractivity contribution in [2.24, 2.45) is 0 Å². The third-order valence-electron chi connectivity index (χ3n) is 2.40. The lowest BCUT2D eigenvalue weighted by atomic mass is 9.92. The zero-order valence-corrected chi connectivity index (χ0v) is 9.93. The molecule has 1 N–H and O–H groups in total. The Morgan fingerprint density at radius 2 is 0.952 bits per heavy atom. The molecule has 1 nitrogen and oxygen atoms in total. The van der Waals surface area contributed by atoms with Crippen molar-refractivity contribution in [3.05, 3.63) is 0 Å². The zero-order chi connectivity index (χ0) is 17.3. The monoisotopic (exact) mass is 342 g/mol. The van der Waals surface area contributed by atoms with E-state index in [1.54, 1.807) is 0 Å². The molecule has 0 saturated heterocycles. The average Bonchev–Trinajstić information content (AvgIpc) is 2.09. The third kappa shape index (κ3) is 5.15. The van der Waals surface area contributed by atoms with Crippen LogP contribution in [-0.2, 0) is 0 Å². The van der Waals surface area contributed by atoms with E-state index in [1.807, 2.05) is 0 Å². The highest BCUT2D eigenvalue weighted by molar-refractivity contribution is 4.99. The Hall–Kier alpha value is -0.810. The van der Waals surface area contributed by atoms with Gasteiger partial charge in [-0.2, -0.15) is 26.3 Å². The van der Waals surface area contributed by atoms with Gasteiger partial charge in [0.15, 0.2) is 0 Å². The molecule has 0 rings (SSSR count). The largest absolute Gasteiger partial charge is 0.431 e. The van der Waals surface area contributed by atoms with Crippen LogP contribution in [0.1, 0.15) is 19.3 Å². The number of aliphatic hydroxyl groups excluding tert-OH is 1. The van der Waals surface area contributed by atoms with E-state index in [1.165, 1.54) is 0 Å². The lowest BCUT2D eigenvalue weighted by Crippen LogP contribution is -2.56. The Morgan fingerprint density at radius 3 is 1.24 bits per heavy atom. The first-order valence-corrected chi connectivity index (χ1v) is 5.16. The second kappa shape index (κ2) is 5.76. The molecular weight excluding hydrogens is 333 g/mol. The predicted octanol–water partition coefficient (Wildman–Crippen LogP) is 4.25. The first-order chi connectivity index (χ1) is 8.97. The SMILES string of the molecule is OCCC(F)(F)CC(F)(F)CC(F)(C(F)(F)F)C(F)(F)F. The molecule has 0 atom stereocenters. The normalized spacial score (nSPS) is 15.4. The van der Waals surface area contributed by atoms with E-state index >= 15 is 0 Å². The molecule has 0 saturated carbocycles. The minimum Gasteiger partial charge on any atom is -0.396 e. The number of hydrogen-bond acceptors (Lipinski definition) is 1. The average molecular weight is 342 g/mol. The van der Waals surface area contributed by atoms with Crippen molar-refractivity contribution in [2.45, 2.75) is 49.1 Å². The molecule has 0 bridgehead atoms. The predicted molar refractivity (Wildman–Crippen MR) is 46.8 cm³/mol. The third-order valence-corrected chi connectivity index (χ3v) is 2.40. The molecule has 0 heterocycles. The van der Waals surface area contributed by atoms with Gasteiger partial charge < -0.3 is 5.11 Å². The second-order valence-corrected chi connectivity index (χ2v) is 4.34. The summed E-state index contributed by atoms with van der Waals surface area (Å²) in [7, 11) is 0. The maximum atomic E-state index is 13.0. The molecule has 21 heavy (non-hydrogen) atoms. The van der Waals surface area contributed by atoms with Crippen LogP contribution < -0.4 is 0 Å². The van der Waals surface area contributed by atoms with E-state index in [2.05, 4.69) is 0 Å². The molecule has 12 heteroatoms. The van der Waals surface area contributed by atoms with Crippen LogP contribution in [0, 0.1) is 0 Å². The lowest BCUT2D eigenvalue weighted by Gasteiger charge is -2.33. The van der Waals surface area contributed by atoms with E-state index in [0.29, 0.717) is 0 Å². The van der Waals surface area contributed by atoms with E-state index in [4.69, 9.17) is 5.11 Å². The van der Waals surface area contributed by atoms with Crippen LogP contribution >= 0.6 is 0 Å². The minimum atomic E-state index is -6.75. The summed E-state index contributed by atoms with van der Waals surface area (Å²) in [6.45, 7) is -1.33. The van der Waals surface area contributed by atoms with Crippen molar-refractivity contribution in [3.8, 4) is 0 Å². The van der Waals surface area contributed by atoms with Gasteiger partial charge in [0, 0.05) is 13.0 Å². The Labute approximate surface area is 110 Å². The molecule has 0 aliphatic heterocycles. The zero-order valence-electron chi connectivity index (χ0n) is 9.93. The van der Waals surface area contributed by atoms with Gasteiger partial charge in [0.05, 0.1) is 12.8 Å². The van der Waals surface area contributed by atoms with Crippen LogP contribution in [-0.4, -0.2) is 41.6 Å². The summed E-state index contributed by atoms with van der Waals surface area (Å²) in [5.41, 5.74) is -6.32. The van der Waals surface area contributed by atoms with Crippen molar-refractivity contribution in [1.29, 1.82) is 0 Å². The van der Waals surface area contributed by atoms with Gasteiger partial charge in [0.2, 0.25) is 0 Å². The van der Waals surface area contributed by atoms with Gasteiger partial charge in [0.25, 0.3) is 11.8 Å². The minimum absolute atomic E-state index is 1.33. The lowest BCUT2D eigenvalue weighted by molar-refractivity contribution is -0.356. The maximum absolute atomic E-state index is 13.0. The van der Waals surface area contributed by atoms with Gasteiger partial charge in [-0.15, -0.1) is 0 Å². The van der Waals surface area contributed by atoms with E-state index in [-0.39, 0.29) is 0 Å². The highest BCUT2D eigenvalue weighted by atomic mass is 19.4. The van der Waals surface area contributed by atoms with Gasteiger partial charge in [0.1, 0.15) is 0 Å². The molecule has 0 fully saturated rings. The first kappa shape index (κ1) is 20.2. The Balaban J connectivity index is 5.37. The van der Waals surface area contributed by atoms with Crippen LogP contribution in [0.3, 0.4) is 0 Å². The van der Waals surface area contributed by atoms with Gasteiger partial charge in [-0.05, 0) is 0 Å². The van der Waals surface area contributed by atoms with Gasteiger partial charge >= 0.3 is 18.0 Å². The Morgan fingerprint density at radius 1 is 0.571 bits per heavy atom. The second-order valence-electron chi connectivity index (χ2n) is 4.34. The van der Waals surface area contributed by atoms with Gasteiger partial charge in [-0.3, -0.25) is 0 Å². The number of halogens is 11. The summed E-state index contributed by atoms with van der Waals surface area (Å²) < 4.78 is 137. The molecule has 0 aromatic heterocycles. The fraction of sp³-hybridized carbons (Fsp3) is 1.00. The summed E-state index contributed by atoms with van der Waals surface area (Å²) in [5, 5.41) is 8.13. The topological polar surface area (TPSA) is 20.2 Å². The van der Waals surface area contributed by atoms with Crippen molar-refractivity contribution >= 4 is 0 Å². The first-order valence-electron chi connectivity index (χ1n) is 5.16. The molecule has 0 aliphatic carbocycles. The van der Waals surface area contributed by atoms with Crippen LogP contribution in [0.15, 0.2) is 0 Å². The molecule has 128 valence electrons. The van der Waals surface area contributed by atoms with E-state index < -0.39 is 55.7 Å². The van der Waals surface area contributed by atoms with Crippen LogP contribution in [0.5, 0.6) is 0 Å². The summed E-state index contributed by atoms with van der Waals surface area (Å²) in [6, 6.07) is 0. The van der Waals surface area contributed by atoms with E-state index in [0.717, 1.165) is 0 Å². The number of aliphatic hydroxyl groups is 1. The Kier molecular flexibility index (Phi) is 5.54. The summed E-state index contributed by atoms with van der Waals surface area (Å²) >= 11 is 0. The molecule has 0 amide bonds. The van der Waals surface area contributed by atoms with Crippen LogP contribution in [0.25, 0.3) is 0 Å². The maximum Gasteiger partial charge on any atom is 0.431 e. The molecule has 0 radical (unpaired) electrons. The molecule has 0 aliphatic rings. The highest BCUT2D eigenvalue weighted by Gasteiger charge is 2.75. The molecule has 0 unspecified atom stereocenters. The summed E-state index contributed by atoms with van der Waals surface area (Å²) in [6.07, 6.45) is -21.4. The summed E-state index contributed by atoms with van der Waals surface area (Å²) in [4.78, 5) is 0. The molecule has 0 aromatic carbocycles. The highest BCUT2D eigenvalue weighted by Crippen LogP contribution is 2.52. The van der Waals surface area contributed by atoms with Crippen molar-refractivity contribution < 1.29 is 53.4 Å². The fourth-order valence-corrected chi connectivity index (χ4v) is 1.41. The standard InChI is InChI=1S/C9H9F11O/c10-5(11,1-2-21)3-6(12,13)4-7(14,8(15,16)17)9(18,19)20/h21H,1-4H2. The van der Waals surface area contributed by atoms with Crippen molar-refractivity contribution in [1.82, 2.24) is 0 Å². The molecular formula is C9H9F11O.